The predicted molar refractivity (Wildman–Crippen MR) is 54.8 cm³/mol. The normalized spacial score (nSPS) is 11.5. The first-order valence-corrected chi connectivity index (χ1v) is 6.28. The Kier molecular flexibility index (Phi) is 3.59. The van der Waals surface area contributed by atoms with Gasteiger partial charge >= 0.3 is 0 Å². The third-order valence-electron chi connectivity index (χ3n) is 1.47. The molecule has 0 saturated carbocycles. The minimum Gasteiger partial charge on any atom is -0.227 e. The Morgan fingerprint density at radius 2 is 1.69 bits per heavy atom. The van der Waals surface area contributed by atoms with E-state index in [2.05, 4.69) is 0 Å². The average molecular weight is 239 g/mol. The van der Waals surface area contributed by atoms with Crippen molar-refractivity contribution in [1.29, 1.82) is 0 Å². The molecule has 0 N–H and O–H groups in total. The number of benzene rings is 1. The van der Waals surface area contributed by atoms with Crippen LogP contribution in [0.5, 0.6) is 0 Å². The zero-order valence-electron chi connectivity index (χ0n) is 6.70. The van der Waals surface area contributed by atoms with Crippen LogP contribution < -0.4 is 0 Å². The summed E-state index contributed by atoms with van der Waals surface area (Å²) in [6.07, 6.45) is 0. The maximum absolute atomic E-state index is 11.1. The summed E-state index contributed by atoms with van der Waals surface area (Å²) in [7, 11) is -3.16. The van der Waals surface area contributed by atoms with Gasteiger partial charge in [-0.2, -0.15) is 0 Å². The number of rotatable bonds is 3. The highest BCUT2D eigenvalue weighted by Gasteiger charge is 2.09. The van der Waals surface area contributed by atoms with Gasteiger partial charge in [-0.25, -0.2) is 8.42 Å². The van der Waals surface area contributed by atoms with Crippen molar-refractivity contribution < 1.29 is 8.42 Å². The highest BCUT2D eigenvalue weighted by molar-refractivity contribution is 7.91. The quantitative estimate of drug-likeness (QED) is 0.759. The van der Waals surface area contributed by atoms with Crippen molar-refractivity contribution >= 4 is 33.0 Å². The molecule has 0 bridgehead atoms. The van der Waals surface area contributed by atoms with Gasteiger partial charge in [0, 0.05) is 5.02 Å². The fourth-order valence-electron chi connectivity index (χ4n) is 0.873. The number of halogens is 2. The summed E-state index contributed by atoms with van der Waals surface area (Å²) in [6, 6.07) is 6.65. The first kappa shape index (κ1) is 10.8. The van der Waals surface area contributed by atoms with Gasteiger partial charge in [0.25, 0.3) is 0 Å². The monoisotopic (exact) mass is 238 g/mol. The molecule has 13 heavy (non-hydrogen) atoms. The molecule has 0 aromatic heterocycles. The summed E-state index contributed by atoms with van der Waals surface area (Å²) in [6.45, 7) is 0. The minimum absolute atomic E-state index is 0.0341. The Hall–Kier alpha value is -0.250. The molecule has 2 nitrogen and oxygen atoms in total. The second kappa shape index (κ2) is 4.31. The standard InChI is InChI=1S/C8H8Cl2O2S/c9-6-13(11,12)5-7-1-3-8(10)4-2-7/h1-4H,5-6H2. The fourth-order valence-corrected chi connectivity index (χ4v) is 2.01. The molecule has 5 heteroatoms. The molecule has 0 aliphatic heterocycles. The maximum atomic E-state index is 11.1. The summed E-state index contributed by atoms with van der Waals surface area (Å²) in [5.74, 6) is -0.0341. The number of sulfone groups is 1. The Balaban J connectivity index is 2.82. The van der Waals surface area contributed by atoms with E-state index in [1.54, 1.807) is 24.3 Å². The lowest BCUT2D eigenvalue weighted by Gasteiger charge is -2.00. The van der Waals surface area contributed by atoms with Gasteiger partial charge < -0.3 is 0 Å². The zero-order chi connectivity index (χ0) is 9.90. The van der Waals surface area contributed by atoms with E-state index in [0.29, 0.717) is 10.6 Å². The fraction of sp³-hybridized carbons (Fsp3) is 0.250. The van der Waals surface area contributed by atoms with E-state index in [-0.39, 0.29) is 11.0 Å². The number of hydrogen-bond acceptors (Lipinski definition) is 2. The van der Waals surface area contributed by atoms with Gasteiger partial charge in [0.1, 0.15) is 5.21 Å². The van der Waals surface area contributed by atoms with Crippen molar-refractivity contribution in [3.8, 4) is 0 Å². The SMILES string of the molecule is O=S(=O)(CCl)Cc1ccc(Cl)cc1. The van der Waals surface area contributed by atoms with Crippen molar-refractivity contribution in [3.63, 3.8) is 0 Å². The van der Waals surface area contributed by atoms with Crippen LogP contribution in [0.3, 0.4) is 0 Å². The van der Waals surface area contributed by atoms with Crippen LogP contribution in [0.4, 0.5) is 0 Å². The van der Waals surface area contributed by atoms with Crippen molar-refractivity contribution in [2.75, 3.05) is 5.21 Å². The highest BCUT2D eigenvalue weighted by atomic mass is 35.5. The Morgan fingerprint density at radius 3 is 2.15 bits per heavy atom. The van der Waals surface area contributed by atoms with Crippen LogP contribution in [-0.2, 0) is 15.6 Å². The van der Waals surface area contributed by atoms with Crippen LogP contribution in [0.1, 0.15) is 5.56 Å². The molecule has 0 spiro atoms. The van der Waals surface area contributed by atoms with E-state index in [0.717, 1.165) is 0 Å². The van der Waals surface area contributed by atoms with Crippen LogP contribution in [0.25, 0.3) is 0 Å². The zero-order valence-corrected chi connectivity index (χ0v) is 9.03. The van der Waals surface area contributed by atoms with Gasteiger partial charge in [-0.05, 0) is 17.7 Å². The van der Waals surface area contributed by atoms with E-state index in [1.165, 1.54) is 0 Å². The summed E-state index contributed by atoms with van der Waals surface area (Å²) in [5.41, 5.74) is 0.699. The van der Waals surface area contributed by atoms with Crippen molar-refractivity contribution in [2.24, 2.45) is 0 Å². The van der Waals surface area contributed by atoms with Gasteiger partial charge in [0.2, 0.25) is 0 Å². The highest BCUT2D eigenvalue weighted by Crippen LogP contribution is 2.12. The van der Waals surface area contributed by atoms with Crippen LogP contribution in [-0.4, -0.2) is 13.6 Å². The number of alkyl halides is 1. The molecule has 72 valence electrons. The Morgan fingerprint density at radius 1 is 1.15 bits per heavy atom. The van der Waals surface area contributed by atoms with Crippen LogP contribution >= 0.6 is 23.2 Å². The number of hydrogen-bond donors (Lipinski definition) is 0. The van der Waals surface area contributed by atoms with Gasteiger partial charge in [-0.3, -0.25) is 0 Å². The van der Waals surface area contributed by atoms with Gasteiger partial charge in [0.05, 0.1) is 5.75 Å². The summed E-state index contributed by atoms with van der Waals surface area (Å²) in [4.78, 5) is 0. The minimum atomic E-state index is -3.16. The second-order valence-electron chi connectivity index (χ2n) is 2.62. The van der Waals surface area contributed by atoms with E-state index in [4.69, 9.17) is 23.2 Å². The molecule has 0 amide bonds. The molecule has 0 heterocycles. The van der Waals surface area contributed by atoms with Gasteiger partial charge in [-0.1, -0.05) is 23.7 Å². The van der Waals surface area contributed by atoms with Gasteiger partial charge in [0.15, 0.2) is 9.84 Å². The summed E-state index contributed by atoms with van der Waals surface area (Å²) >= 11 is 10.9. The molecule has 1 aromatic carbocycles. The maximum Gasteiger partial charge on any atom is 0.168 e. The largest absolute Gasteiger partial charge is 0.227 e. The lowest BCUT2D eigenvalue weighted by atomic mass is 10.2. The van der Waals surface area contributed by atoms with Crippen molar-refractivity contribution in [1.82, 2.24) is 0 Å². The molecular weight excluding hydrogens is 231 g/mol. The lowest BCUT2D eigenvalue weighted by Crippen LogP contribution is -2.04. The van der Waals surface area contributed by atoms with Crippen LogP contribution in [0.15, 0.2) is 24.3 Å². The third-order valence-corrected chi connectivity index (χ3v) is 3.82. The first-order valence-electron chi connectivity index (χ1n) is 3.54. The third kappa shape index (κ3) is 3.55. The van der Waals surface area contributed by atoms with Crippen molar-refractivity contribution in [3.05, 3.63) is 34.9 Å². The van der Waals surface area contributed by atoms with E-state index < -0.39 is 9.84 Å². The molecule has 0 saturated heterocycles. The van der Waals surface area contributed by atoms with Crippen molar-refractivity contribution in [2.45, 2.75) is 5.75 Å². The lowest BCUT2D eigenvalue weighted by molar-refractivity contribution is 0.600. The molecule has 0 unspecified atom stereocenters. The molecule has 0 atom stereocenters. The van der Waals surface area contributed by atoms with Gasteiger partial charge in [-0.15, -0.1) is 11.6 Å². The average Bonchev–Trinajstić information content (AvgIpc) is 2.09. The molecule has 1 rings (SSSR count). The van der Waals surface area contributed by atoms with Crippen LogP contribution in [0.2, 0.25) is 5.02 Å². The van der Waals surface area contributed by atoms with E-state index in [1.807, 2.05) is 0 Å². The molecule has 0 aliphatic rings. The summed E-state index contributed by atoms with van der Waals surface area (Å²) < 4.78 is 22.2. The molecule has 0 radical (unpaired) electrons. The second-order valence-corrected chi connectivity index (χ2v) is 5.71. The first-order chi connectivity index (χ1) is 6.03. The van der Waals surface area contributed by atoms with E-state index >= 15 is 0 Å². The molecule has 0 fully saturated rings. The molecule has 0 aliphatic carbocycles. The Labute approximate surface area is 87.4 Å². The van der Waals surface area contributed by atoms with E-state index in [9.17, 15) is 8.42 Å². The smallest absolute Gasteiger partial charge is 0.168 e. The predicted octanol–water partition coefficient (Wildman–Crippen LogP) is 2.45. The Bertz CT molecular complexity index is 370. The topological polar surface area (TPSA) is 34.1 Å². The van der Waals surface area contributed by atoms with Crippen LogP contribution in [0, 0.1) is 0 Å². The molecule has 1 aromatic rings. The molecular formula is C8H8Cl2O2S. The summed E-state index contributed by atoms with van der Waals surface area (Å²) in [5, 5.41) is 0.238.